The molecule has 0 atom stereocenters. The first kappa shape index (κ1) is 9.32. The fourth-order valence-electron chi connectivity index (χ4n) is 0.877. The number of hydroxylamine groups is 2. The molecule has 1 aliphatic heterocycles. The highest BCUT2D eigenvalue weighted by Crippen LogP contribution is 2.04. The molecular weight excluding hydrogens is 136 g/mol. The molecule has 5 heteroatoms. The molecule has 5 nitrogen and oxygen atoms in total. The van der Waals surface area contributed by atoms with Crippen LogP contribution >= 0.6 is 0 Å². The second kappa shape index (κ2) is 6.44. The molecule has 0 aromatic heterocycles. The van der Waals surface area contributed by atoms with Crippen LogP contribution in [-0.2, 0) is 0 Å². The maximum atomic E-state index is 8.74. The zero-order chi connectivity index (χ0) is 7.82. The van der Waals surface area contributed by atoms with Gasteiger partial charge in [-0.3, -0.25) is 10.1 Å². The van der Waals surface area contributed by atoms with Crippen molar-refractivity contribution >= 4 is 0 Å². The summed E-state index contributed by atoms with van der Waals surface area (Å²) in [6.07, 6.45) is 3.62. The molecule has 0 radical (unpaired) electrons. The first-order valence-corrected chi connectivity index (χ1v) is 3.24. The second-order valence-corrected chi connectivity index (χ2v) is 2.10. The Morgan fingerprint density at radius 2 is 1.70 bits per heavy atom. The number of nitrogens with zero attached hydrogens (tertiary/aromatic N) is 1. The summed E-state index contributed by atoms with van der Waals surface area (Å²) in [5.41, 5.74) is 0. The monoisotopic (exact) mass is 148 g/mol. The Morgan fingerprint density at radius 1 is 1.30 bits per heavy atom. The van der Waals surface area contributed by atoms with Gasteiger partial charge in [-0.2, -0.15) is 5.06 Å². The largest absolute Gasteiger partial charge is 0.314 e. The van der Waals surface area contributed by atoms with Crippen molar-refractivity contribution < 1.29 is 10.5 Å². The van der Waals surface area contributed by atoms with Crippen LogP contribution in [0.4, 0.5) is 0 Å². The van der Waals surface area contributed by atoms with Crippen molar-refractivity contribution in [2.75, 3.05) is 13.1 Å². The molecule has 60 valence electrons. The number of piperidine rings is 1. The lowest BCUT2D eigenvalue weighted by atomic mass is 10.2. The topological polar surface area (TPSA) is 77.6 Å². The molecule has 0 saturated carbocycles. The van der Waals surface area contributed by atoms with Crippen LogP contribution in [-0.4, -0.2) is 23.4 Å². The average Bonchev–Trinajstić information content (AvgIpc) is 1.91. The molecule has 0 bridgehead atoms. The Balaban J connectivity index is 0.000000236. The normalized spacial score (nSPS) is 18.9. The summed E-state index contributed by atoms with van der Waals surface area (Å²) in [6, 6.07) is 0. The van der Waals surface area contributed by atoms with Crippen molar-refractivity contribution in [3.8, 4) is 0 Å². The van der Waals surface area contributed by atoms with Gasteiger partial charge in [0.1, 0.15) is 0 Å². The molecule has 0 unspecified atom stereocenters. The van der Waals surface area contributed by atoms with Crippen molar-refractivity contribution in [3.05, 3.63) is 10.1 Å². The molecule has 0 aromatic rings. The summed E-state index contributed by atoms with van der Waals surface area (Å²) in [5, 5.41) is 18.5. The van der Waals surface area contributed by atoms with Gasteiger partial charge >= 0.3 is 0 Å². The van der Waals surface area contributed by atoms with E-state index in [1.165, 1.54) is 11.5 Å². The summed E-state index contributed by atoms with van der Waals surface area (Å²) in [7, 11) is 0. The van der Waals surface area contributed by atoms with Crippen LogP contribution in [0.2, 0.25) is 0 Å². The van der Waals surface area contributed by atoms with Gasteiger partial charge in [-0.25, -0.2) is 0 Å². The van der Waals surface area contributed by atoms with Crippen LogP contribution < -0.4 is 5.34 Å². The van der Waals surface area contributed by atoms with Gasteiger partial charge in [-0.05, 0) is 12.8 Å². The van der Waals surface area contributed by atoms with Crippen LogP contribution in [0.25, 0.3) is 0 Å². The molecule has 2 N–H and O–H groups in total. The Bertz CT molecular complexity index is 83.0. The zero-order valence-corrected chi connectivity index (χ0v) is 5.75. The highest BCUT2D eigenvalue weighted by atomic mass is 16.6. The Labute approximate surface area is 59.2 Å². The second-order valence-electron chi connectivity index (χ2n) is 2.10. The quantitative estimate of drug-likeness (QED) is 0.348. The van der Waals surface area contributed by atoms with Gasteiger partial charge in [0.25, 0.3) is 0 Å². The van der Waals surface area contributed by atoms with Crippen LogP contribution in [0.15, 0.2) is 0 Å². The predicted octanol–water partition coefficient (Wildman–Crippen LogP) is -0.807. The maximum Gasteiger partial charge on any atom is 0.0238 e. The minimum Gasteiger partial charge on any atom is -0.314 e. The van der Waals surface area contributed by atoms with Crippen LogP contribution in [0, 0.1) is 10.1 Å². The van der Waals surface area contributed by atoms with Gasteiger partial charge in [-0.1, -0.05) is 6.42 Å². The Kier molecular flexibility index (Phi) is 6.00. The maximum absolute atomic E-state index is 8.74. The highest BCUT2D eigenvalue weighted by Gasteiger charge is 2.04. The van der Waals surface area contributed by atoms with Gasteiger partial charge < -0.3 is 5.21 Å². The smallest absolute Gasteiger partial charge is 0.0238 e. The van der Waals surface area contributed by atoms with Gasteiger partial charge in [-0.15, -0.1) is 0 Å². The fraction of sp³-hybridized carbons (Fsp3) is 1.00. The molecule has 1 aliphatic rings. The van der Waals surface area contributed by atoms with Crippen LogP contribution in [0.3, 0.4) is 0 Å². The molecule has 0 aromatic carbocycles. The number of rotatable bonds is 0. The third-order valence-electron chi connectivity index (χ3n) is 1.33. The lowest BCUT2D eigenvalue weighted by Gasteiger charge is -2.18. The highest BCUT2D eigenvalue weighted by molar-refractivity contribution is 4.54. The molecule has 0 amide bonds. The van der Waals surface area contributed by atoms with Crippen molar-refractivity contribution in [3.63, 3.8) is 0 Å². The molecule has 1 fully saturated rings. The van der Waals surface area contributed by atoms with Crippen molar-refractivity contribution in [1.29, 1.82) is 0 Å². The minimum absolute atomic E-state index is 0.250. The summed E-state index contributed by atoms with van der Waals surface area (Å²) < 4.78 is 0. The van der Waals surface area contributed by atoms with Gasteiger partial charge in [0.05, 0.1) is 0 Å². The van der Waals surface area contributed by atoms with Gasteiger partial charge in [0.15, 0.2) is 0 Å². The third kappa shape index (κ3) is 5.46. The summed E-state index contributed by atoms with van der Waals surface area (Å²) in [4.78, 5) is 8.12. The first-order valence-electron chi connectivity index (χ1n) is 3.24. The van der Waals surface area contributed by atoms with Crippen LogP contribution in [0.5, 0.6) is 0 Å². The van der Waals surface area contributed by atoms with E-state index in [9.17, 15) is 0 Å². The molecular formula is C5H12N2O3. The fourth-order valence-corrected chi connectivity index (χ4v) is 0.877. The van der Waals surface area contributed by atoms with Crippen molar-refractivity contribution in [1.82, 2.24) is 5.06 Å². The van der Waals surface area contributed by atoms with Gasteiger partial charge in [0.2, 0.25) is 0 Å². The SMILES string of the molecule is O=[NH+][O-].ON1CCCCC1. The Hall–Kier alpha value is -0.680. The zero-order valence-electron chi connectivity index (χ0n) is 5.75. The number of nitrogens with one attached hydrogen (secondary N) is 1. The van der Waals surface area contributed by atoms with Crippen molar-refractivity contribution in [2.45, 2.75) is 19.3 Å². The molecule has 1 heterocycles. The predicted molar refractivity (Wildman–Crippen MR) is 34.9 cm³/mol. The van der Waals surface area contributed by atoms with E-state index in [4.69, 9.17) is 15.3 Å². The number of hydrogen-bond donors (Lipinski definition) is 2. The summed E-state index contributed by atoms with van der Waals surface area (Å²) in [6.45, 7) is 1.75. The molecule has 1 saturated heterocycles. The molecule has 0 spiro atoms. The third-order valence-corrected chi connectivity index (χ3v) is 1.33. The lowest BCUT2D eigenvalue weighted by Crippen LogP contribution is -2.53. The van der Waals surface area contributed by atoms with E-state index in [2.05, 4.69) is 0 Å². The van der Waals surface area contributed by atoms with E-state index in [-0.39, 0.29) is 5.34 Å². The molecule has 1 rings (SSSR count). The summed E-state index contributed by atoms with van der Waals surface area (Å²) >= 11 is 0. The van der Waals surface area contributed by atoms with E-state index < -0.39 is 0 Å². The summed E-state index contributed by atoms with van der Waals surface area (Å²) in [5.74, 6) is 0. The van der Waals surface area contributed by atoms with E-state index in [1.54, 1.807) is 0 Å². The lowest BCUT2D eigenvalue weighted by molar-refractivity contribution is -0.398. The first-order chi connectivity index (χ1) is 4.81. The van der Waals surface area contributed by atoms with Crippen LogP contribution in [0.1, 0.15) is 19.3 Å². The van der Waals surface area contributed by atoms with E-state index in [1.807, 2.05) is 0 Å². The minimum atomic E-state index is 0.250. The van der Waals surface area contributed by atoms with E-state index in [0.29, 0.717) is 0 Å². The standard InChI is InChI=1S/C5H11NO.HNO2/c7-6-4-2-1-3-5-6;2-1-3/h7H,1-5H2;1H. The van der Waals surface area contributed by atoms with E-state index in [0.717, 1.165) is 25.9 Å². The number of hydrogen-bond acceptors (Lipinski definition) is 4. The van der Waals surface area contributed by atoms with E-state index >= 15 is 0 Å². The Morgan fingerprint density at radius 3 is 1.90 bits per heavy atom. The molecule has 0 aliphatic carbocycles. The molecule has 10 heavy (non-hydrogen) atoms. The van der Waals surface area contributed by atoms with Crippen molar-refractivity contribution in [2.24, 2.45) is 0 Å². The average molecular weight is 148 g/mol. The van der Waals surface area contributed by atoms with Gasteiger partial charge in [0, 0.05) is 18.4 Å².